The molecule has 0 heterocycles. The van der Waals surface area contributed by atoms with Gasteiger partial charge in [0, 0.05) is 14.6 Å². The van der Waals surface area contributed by atoms with Gasteiger partial charge in [0.15, 0.2) is 0 Å². The highest BCUT2D eigenvalue weighted by Crippen LogP contribution is 2.22. The molecule has 1 amide bonds. The predicted molar refractivity (Wildman–Crippen MR) is 85.4 cm³/mol. The fraction of sp³-hybridized carbons (Fsp3) is 0.0714. The lowest BCUT2D eigenvalue weighted by atomic mass is 10.3. The van der Waals surface area contributed by atoms with E-state index in [1.165, 1.54) is 12.1 Å². The summed E-state index contributed by atoms with van der Waals surface area (Å²) in [6.45, 7) is 0.0537. The van der Waals surface area contributed by atoms with E-state index in [1.807, 2.05) is 12.1 Å². The molecule has 3 nitrogen and oxygen atoms in total. The fourth-order valence-electron chi connectivity index (χ4n) is 1.55. The predicted octanol–water partition coefficient (Wildman–Crippen LogP) is 4.40. The van der Waals surface area contributed by atoms with Crippen LogP contribution >= 0.6 is 31.9 Å². The van der Waals surface area contributed by atoms with Crippen LogP contribution in [0.25, 0.3) is 0 Å². The van der Waals surface area contributed by atoms with Crippen LogP contribution in [0.3, 0.4) is 0 Å². The summed E-state index contributed by atoms with van der Waals surface area (Å²) in [6.07, 6.45) is 0. The lowest BCUT2D eigenvalue weighted by Crippen LogP contribution is -2.21. The van der Waals surface area contributed by atoms with Gasteiger partial charge in [0.2, 0.25) is 5.91 Å². The average Bonchev–Trinajstić information content (AvgIpc) is 2.42. The van der Waals surface area contributed by atoms with Gasteiger partial charge in [-0.15, -0.1) is 0 Å². The molecule has 0 atom stereocenters. The van der Waals surface area contributed by atoms with Gasteiger partial charge in [-0.1, -0.05) is 15.9 Å². The van der Waals surface area contributed by atoms with Crippen molar-refractivity contribution in [1.29, 1.82) is 0 Å². The molecule has 0 aliphatic heterocycles. The molecule has 0 fully saturated rings. The molecule has 0 aliphatic rings. The SMILES string of the molecule is O=C(CNc1cc(F)ccc1Br)Nc1ccc(Br)cc1. The highest BCUT2D eigenvalue weighted by Gasteiger charge is 2.05. The van der Waals surface area contributed by atoms with Crippen molar-refractivity contribution in [3.8, 4) is 0 Å². The molecule has 104 valence electrons. The third kappa shape index (κ3) is 4.31. The van der Waals surface area contributed by atoms with Crippen LogP contribution in [-0.4, -0.2) is 12.5 Å². The molecule has 0 saturated carbocycles. The Morgan fingerprint density at radius 3 is 2.50 bits per heavy atom. The molecule has 2 N–H and O–H groups in total. The minimum atomic E-state index is -0.357. The van der Waals surface area contributed by atoms with Gasteiger partial charge in [-0.05, 0) is 58.4 Å². The van der Waals surface area contributed by atoms with E-state index in [0.29, 0.717) is 15.8 Å². The van der Waals surface area contributed by atoms with E-state index >= 15 is 0 Å². The summed E-state index contributed by atoms with van der Waals surface area (Å²) in [6, 6.07) is 11.5. The zero-order valence-electron chi connectivity index (χ0n) is 10.3. The summed E-state index contributed by atoms with van der Waals surface area (Å²) in [5, 5.41) is 5.62. The lowest BCUT2D eigenvalue weighted by molar-refractivity contribution is -0.114. The van der Waals surface area contributed by atoms with Gasteiger partial charge in [-0.3, -0.25) is 4.79 Å². The zero-order chi connectivity index (χ0) is 14.5. The van der Waals surface area contributed by atoms with Gasteiger partial charge in [0.05, 0.1) is 12.2 Å². The van der Waals surface area contributed by atoms with E-state index in [2.05, 4.69) is 42.5 Å². The number of anilines is 2. The molecule has 0 spiro atoms. The lowest BCUT2D eigenvalue weighted by Gasteiger charge is -2.09. The molecule has 2 aromatic rings. The second-order valence-corrected chi connectivity index (χ2v) is 5.80. The molecular formula is C14H11Br2FN2O. The zero-order valence-corrected chi connectivity index (χ0v) is 13.5. The van der Waals surface area contributed by atoms with E-state index in [-0.39, 0.29) is 18.3 Å². The summed E-state index contributed by atoms with van der Waals surface area (Å²) in [5.41, 5.74) is 1.24. The molecule has 0 saturated heterocycles. The molecule has 6 heteroatoms. The van der Waals surface area contributed by atoms with E-state index in [9.17, 15) is 9.18 Å². The molecule has 0 unspecified atom stereocenters. The number of carbonyl (C=O) groups is 1. The quantitative estimate of drug-likeness (QED) is 0.797. The van der Waals surface area contributed by atoms with Crippen molar-refractivity contribution in [3.05, 3.63) is 57.2 Å². The van der Waals surface area contributed by atoms with Crippen molar-refractivity contribution in [2.45, 2.75) is 0 Å². The first-order valence-corrected chi connectivity index (χ1v) is 7.37. The number of amides is 1. The van der Waals surface area contributed by atoms with Crippen molar-refractivity contribution in [2.24, 2.45) is 0 Å². The second-order valence-electron chi connectivity index (χ2n) is 4.03. The number of hydrogen-bond donors (Lipinski definition) is 2. The minimum absolute atomic E-state index is 0.0537. The highest BCUT2D eigenvalue weighted by atomic mass is 79.9. The fourth-order valence-corrected chi connectivity index (χ4v) is 2.20. The average molecular weight is 402 g/mol. The maximum Gasteiger partial charge on any atom is 0.243 e. The van der Waals surface area contributed by atoms with Gasteiger partial charge in [0.1, 0.15) is 5.82 Å². The third-order valence-corrected chi connectivity index (χ3v) is 3.72. The van der Waals surface area contributed by atoms with Crippen LogP contribution in [0.4, 0.5) is 15.8 Å². The van der Waals surface area contributed by atoms with Crippen molar-refractivity contribution < 1.29 is 9.18 Å². The summed E-state index contributed by atoms with van der Waals surface area (Å²) < 4.78 is 14.7. The first kappa shape index (κ1) is 15.0. The van der Waals surface area contributed by atoms with Crippen LogP contribution in [0.15, 0.2) is 51.4 Å². The smallest absolute Gasteiger partial charge is 0.243 e. The Hall–Kier alpha value is -1.40. The monoisotopic (exact) mass is 400 g/mol. The van der Waals surface area contributed by atoms with Gasteiger partial charge in [-0.25, -0.2) is 4.39 Å². The highest BCUT2D eigenvalue weighted by molar-refractivity contribution is 9.10. The van der Waals surface area contributed by atoms with Gasteiger partial charge in [-0.2, -0.15) is 0 Å². The Morgan fingerprint density at radius 2 is 1.80 bits per heavy atom. The first-order chi connectivity index (χ1) is 9.54. The van der Waals surface area contributed by atoms with Crippen LogP contribution in [0.5, 0.6) is 0 Å². The van der Waals surface area contributed by atoms with E-state index in [4.69, 9.17) is 0 Å². The van der Waals surface area contributed by atoms with Crippen LogP contribution in [-0.2, 0) is 4.79 Å². The van der Waals surface area contributed by atoms with Gasteiger partial charge < -0.3 is 10.6 Å². The molecule has 2 aromatic carbocycles. The summed E-state index contributed by atoms with van der Waals surface area (Å²) in [7, 11) is 0. The summed E-state index contributed by atoms with van der Waals surface area (Å²) >= 11 is 6.61. The normalized spacial score (nSPS) is 10.2. The van der Waals surface area contributed by atoms with Gasteiger partial charge in [0.25, 0.3) is 0 Å². The number of hydrogen-bond acceptors (Lipinski definition) is 2. The second kappa shape index (κ2) is 6.85. The minimum Gasteiger partial charge on any atom is -0.375 e. The summed E-state index contributed by atoms with van der Waals surface area (Å²) in [4.78, 5) is 11.8. The van der Waals surface area contributed by atoms with E-state index in [1.54, 1.807) is 18.2 Å². The molecule has 0 bridgehead atoms. The topological polar surface area (TPSA) is 41.1 Å². The number of nitrogens with one attached hydrogen (secondary N) is 2. The van der Waals surface area contributed by atoms with Crippen LogP contribution in [0.2, 0.25) is 0 Å². The number of rotatable bonds is 4. The third-order valence-electron chi connectivity index (χ3n) is 2.50. The molecule has 0 radical (unpaired) electrons. The first-order valence-electron chi connectivity index (χ1n) is 5.79. The van der Waals surface area contributed by atoms with Crippen LogP contribution in [0.1, 0.15) is 0 Å². The maximum atomic E-state index is 13.1. The molecule has 0 aromatic heterocycles. The molecule has 0 aliphatic carbocycles. The van der Waals surface area contributed by atoms with Gasteiger partial charge >= 0.3 is 0 Å². The van der Waals surface area contributed by atoms with E-state index < -0.39 is 0 Å². The Morgan fingerprint density at radius 1 is 1.10 bits per heavy atom. The largest absolute Gasteiger partial charge is 0.375 e. The van der Waals surface area contributed by atoms with Crippen molar-refractivity contribution in [3.63, 3.8) is 0 Å². The number of carbonyl (C=O) groups excluding carboxylic acids is 1. The Labute approximate surface area is 132 Å². The number of halogens is 3. The van der Waals surface area contributed by atoms with Crippen molar-refractivity contribution in [2.75, 3.05) is 17.2 Å². The molecule has 2 rings (SSSR count). The molecule has 20 heavy (non-hydrogen) atoms. The van der Waals surface area contributed by atoms with Crippen molar-refractivity contribution in [1.82, 2.24) is 0 Å². The van der Waals surface area contributed by atoms with Crippen molar-refractivity contribution >= 4 is 49.1 Å². The summed E-state index contributed by atoms with van der Waals surface area (Å²) in [5.74, 6) is -0.562. The Kier molecular flexibility index (Phi) is 5.14. The standard InChI is InChI=1S/C14H11Br2FN2O/c15-9-1-4-11(5-2-9)19-14(20)8-18-13-7-10(17)3-6-12(13)16/h1-7,18H,8H2,(H,19,20). The Balaban J connectivity index is 1.92. The number of benzene rings is 2. The maximum absolute atomic E-state index is 13.1. The molecular weight excluding hydrogens is 391 g/mol. The van der Waals surface area contributed by atoms with E-state index in [0.717, 1.165) is 4.47 Å². The van der Waals surface area contributed by atoms with Crippen LogP contribution < -0.4 is 10.6 Å². The Bertz CT molecular complexity index is 617. The van der Waals surface area contributed by atoms with Crippen LogP contribution in [0, 0.1) is 5.82 Å².